The van der Waals surface area contributed by atoms with Crippen LogP contribution in [0.15, 0.2) is 24.5 Å². The number of pyridine rings is 1. The van der Waals surface area contributed by atoms with Crippen molar-refractivity contribution < 1.29 is 19.4 Å². The summed E-state index contributed by atoms with van der Waals surface area (Å²) in [5.74, 6) is -1.06. The summed E-state index contributed by atoms with van der Waals surface area (Å²) in [6.07, 6.45) is 2.01. The zero-order valence-corrected chi connectivity index (χ0v) is 9.42. The maximum Gasteiger partial charge on any atom is 0.336 e. The molecule has 1 atom stereocenters. The Labute approximate surface area is 98.6 Å². The monoisotopic (exact) mass is 238 g/mol. The summed E-state index contributed by atoms with van der Waals surface area (Å²) in [4.78, 5) is 26.1. The first-order valence-electron chi connectivity index (χ1n) is 5.05. The fourth-order valence-corrected chi connectivity index (χ4v) is 1.18. The molecule has 1 aromatic heterocycles. The number of carbonyl (C=O) groups excluding carboxylic acids is 2. The Morgan fingerprint density at radius 1 is 1.59 bits per heavy atom. The van der Waals surface area contributed by atoms with Gasteiger partial charge in [0.05, 0.1) is 20.1 Å². The Bertz CT molecular complexity index is 380. The second-order valence-corrected chi connectivity index (χ2v) is 3.38. The van der Waals surface area contributed by atoms with Crippen molar-refractivity contribution in [3.8, 4) is 0 Å². The van der Waals surface area contributed by atoms with Crippen molar-refractivity contribution in [1.29, 1.82) is 0 Å². The van der Waals surface area contributed by atoms with Crippen molar-refractivity contribution in [1.82, 2.24) is 10.3 Å². The highest BCUT2D eigenvalue weighted by Gasteiger charge is 2.16. The summed E-state index contributed by atoms with van der Waals surface area (Å²) in [5, 5.41) is 11.7. The molecule has 0 bridgehead atoms. The number of carbonyl (C=O) groups is 2. The molecule has 1 amide bonds. The molecule has 1 unspecified atom stereocenters. The van der Waals surface area contributed by atoms with E-state index in [0.29, 0.717) is 0 Å². The molecule has 6 heteroatoms. The van der Waals surface area contributed by atoms with E-state index in [-0.39, 0.29) is 18.9 Å². The number of esters is 1. The van der Waals surface area contributed by atoms with Crippen LogP contribution in [0.1, 0.15) is 5.56 Å². The highest BCUT2D eigenvalue weighted by Crippen LogP contribution is 1.96. The number of aliphatic hydroxyl groups is 1. The lowest BCUT2D eigenvalue weighted by molar-refractivity contribution is -0.150. The molecule has 0 aromatic carbocycles. The number of aromatic nitrogens is 1. The molecule has 0 saturated heterocycles. The van der Waals surface area contributed by atoms with Crippen molar-refractivity contribution in [3.63, 3.8) is 0 Å². The molecule has 1 aromatic rings. The van der Waals surface area contributed by atoms with Crippen LogP contribution in [0.4, 0.5) is 0 Å². The minimum absolute atomic E-state index is 0.154. The first-order valence-corrected chi connectivity index (χ1v) is 5.05. The van der Waals surface area contributed by atoms with Crippen LogP contribution in [0.5, 0.6) is 0 Å². The van der Waals surface area contributed by atoms with Crippen LogP contribution in [0.2, 0.25) is 0 Å². The molecule has 6 nitrogen and oxygen atoms in total. The fraction of sp³-hybridized carbons (Fsp3) is 0.364. The van der Waals surface area contributed by atoms with Gasteiger partial charge in [0.25, 0.3) is 0 Å². The third-order valence-electron chi connectivity index (χ3n) is 2.05. The van der Waals surface area contributed by atoms with Crippen molar-refractivity contribution in [2.24, 2.45) is 0 Å². The third-order valence-corrected chi connectivity index (χ3v) is 2.05. The molecule has 0 radical (unpaired) electrons. The topological polar surface area (TPSA) is 88.5 Å². The van der Waals surface area contributed by atoms with E-state index >= 15 is 0 Å². The quantitative estimate of drug-likeness (QED) is 0.660. The zero-order chi connectivity index (χ0) is 12.7. The van der Waals surface area contributed by atoms with Crippen LogP contribution in [0.25, 0.3) is 0 Å². The number of aliphatic hydroxyl groups excluding tert-OH is 1. The highest BCUT2D eigenvalue weighted by molar-refractivity contribution is 5.80. The van der Waals surface area contributed by atoms with Gasteiger partial charge < -0.3 is 15.2 Å². The molecular weight excluding hydrogens is 224 g/mol. The van der Waals surface area contributed by atoms with Gasteiger partial charge in [-0.3, -0.25) is 9.78 Å². The lowest BCUT2D eigenvalue weighted by atomic mass is 10.2. The molecule has 0 fully saturated rings. The molecule has 0 saturated carbocycles. The van der Waals surface area contributed by atoms with E-state index in [2.05, 4.69) is 15.0 Å². The van der Waals surface area contributed by atoms with E-state index in [1.54, 1.807) is 24.5 Å². The Morgan fingerprint density at radius 3 is 2.94 bits per heavy atom. The fourth-order valence-electron chi connectivity index (χ4n) is 1.18. The van der Waals surface area contributed by atoms with Crippen molar-refractivity contribution >= 4 is 11.9 Å². The molecule has 0 aliphatic carbocycles. The molecule has 1 rings (SSSR count). The number of hydrogen-bond donors (Lipinski definition) is 2. The second kappa shape index (κ2) is 6.59. The number of ether oxygens (including phenoxy) is 1. The van der Waals surface area contributed by atoms with Gasteiger partial charge in [0, 0.05) is 12.4 Å². The Kier molecular flexibility index (Phi) is 5.09. The molecule has 17 heavy (non-hydrogen) atoms. The zero-order valence-electron chi connectivity index (χ0n) is 9.42. The molecule has 2 N–H and O–H groups in total. The van der Waals surface area contributed by atoms with Crippen molar-refractivity contribution in [2.45, 2.75) is 12.5 Å². The van der Waals surface area contributed by atoms with E-state index in [0.717, 1.165) is 5.56 Å². The maximum absolute atomic E-state index is 11.4. The summed E-state index contributed by atoms with van der Waals surface area (Å²) in [7, 11) is 1.17. The number of nitrogens with one attached hydrogen (secondary N) is 1. The minimum atomic E-state index is -1.34. The van der Waals surface area contributed by atoms with E-state index in [1.807, 2.05) is 0 Å². The van der Waals surface area contributed by atoms with Gasteiger partial charge in [0.15, 0.2) is 6.10 Å². The standard InChI is InChI=1S/C11H14N2O4/c1-17-11(16)9(14)7-13-10(15)5-8-3-2-4-12-6-8/h2-4,6,9,14H,5,7H2,1H3,(H,13,15). The predicted molar refractivity (Wildman–Crippen MR) is 59.0 cm³/mol. The highest BCUT2D eigenvalue weighted by atomic mass is 16.5. The van der Waals surface area contributed by atoms with Gasteiger partial charge in [-0.05, 0) is 11.6 Å². The van der Waals surface area contributed by atoms with Crippen LogP contribution < -0.4 is 5.32 Å². The summed E-state index contributed by atoms with van der Waals surface area (Å²) in [5.41, 5.74) is 0.762. The average Bonchev–Trinajstić information content (AvgIpc) is 2.36. The number of nitrogens with zero attached hydrogens (tertiary/aromatic N) is 1. The second-order valence-electron chi connectivity index (χ2n) is 3.38. The van der Waals surface area contributed by atoms with Gasteiger partial charge in [-0.1, -0.05) is 6.07 Å². The Balaban J connectivity index is 2.33. The van der Waals surface area contributed by atoms with Gasteiger partial charge in [0.1, 0.15) is 0 Å². The summed E-state index contributed by atoms with van der Waals surface area (Å²) in [6.45, 7) is -0.161. The van der Waals surface area contributed by atoms with E-state index in [9.17, 15) is 14.7 Å². The summed E-state index contributed by atoms with van der Waals surface area (Å²) < 4.78 is 4.31. The number of methoxy groups -OCH3 is 1. The number of amides is 1. The van der Waals surface area contributed by atoms with Crippen LogP contribution in [0.3, 0.4) is 0 Å². The molecular formula is C11H14N2O4. The average molecular weight is 238 g/mol. The van der Waals surface area contributed by atoms with Crippen molar-refractivity contribution in [2.75, 3.05) is 13.7 Å². The van der Waals surface area contributed by atoms with E-state index in [4.69, 9.17) is 0 Å². The largest absolute Gasteiger partial charge is 0.467 e. The van der Waals surface area contributed by atoms with Crippen molar-refractivity contribution in [3.05, 3.63) is 30.1 Å². The molecule has 92 valence electrons. The van der Waals surface area contributed by atoms with Crippen LogP contribution in [-0.4, -0.2) is 41.7 Å². The number of hydrogen-bond acceptors (Lipinski definition) is 5. The van der Waals surface area contributed by atoms with Gasteiger partial charge in [-0.25, -0.2) is 4.79 Å². The summed E-state index contributed by atoms with van der Waals surface area (Å²) >= 11 is 0. The normalized spacial score (nSPS) is 11.6. The van der Waals surface area contributed by atoms with Crippen LogP contribution >= 0.6 is 0 Å². The summed E-state index contributed by atoms with van der Waals surface area (Å²) in [6, 6.07) is 3.50. The third kappa shape index (κ3) is 4.60. The first kappa shape index (κ1) is 13.1. The van der Waals surface area contributed by atoms with Crippen LogP contribution in [0, 0.1) is 0 Å². The van der Waals surface area contributed by atoms with Gasteiger partial charge in [0.2, 0.25) is 5.91 Å². The van der Waals surface area contributed by atoms with E-state index in [1.165, 1.54) is 7.11 Å². The lowest BCUT2D eigenvalue weighted by Crippen LogP contribution is -2.37. The smallest absolute Gasteiger partial charge is 0.336 e. The number of rotatable bonds is 5. The van der Waals surface area contributed by atoms with Gasteiger partial charge in [-0.2, -0.15) is 0 Å². The van der Waals surface area contributed by atoms with Gasteiger partial charge >= 0.3 is 5.97 Å². The molecule has 1 heterocycles. The molecule has 0 spiro atoms. The molecule has 0 aliphatic rings. The van der Waals surface area contributed by atoms with Crippen LogP contribution in [-0.2, 0) is 20.7 Å². The minimum Gasteiger partial charge on any atom is -0.467 e. The van der Waals surface area contributed by atoms with Gasteiger partial charge in [-0.15, -0.1) is 0 Å². The Hall–Kier alpha value is -1.95. The predicted octanol–water partition coefficient (Wildman–Crippen LogP) is -0.726. The molecule has 0 aliphatic heterocycles. The SMILES string of the molecule is COC(=O)C(O)CNC(=O)Cc1cccnc1. The maximum atomic E-state index is 11.4. The first-order chi connectivity index (χ1) is 8.13. The van der Waals surface area contributed by atoms with E-state index < -0.39 is 12.1 Å². The lowest BCUT2D eigenvalue weighted by Gasteiger charge is -2.09. The Morgan fingerprint density at radius 2 is 2.35 bits per heavy atom.